The van der Waals surface area contributed by atoms with Crippen LogP contribution in [0.25, 0.3) is 0 Å². The summed E-state index contributed by atoms with van der Waals surface area (Å²) in [4.78, 5) is 25.4. The lowest BCUT2D eigenvalue weighted by Crippen LogP contribution is -2.60. The molecular weight excluding hydrogens is 247 g/mol. The molecule has 5 heteroatoms. The Labute approximate surface area is 111 Å². The number of amides is 3. The molecule has 2 rings (SSSR count). The van der Waals surface area contributed by atoms with E-state index in [9.17, 15) is 14.0 Å². The van der Waals surface area contributed by atoms with E-state index in [4.69, 9.17) is 0 Å². The Morgan fingerprint density at radius 1 is 1.26 bits per heavy atom. The summed E-state index contributed by atoms with van der Waals surface area (Å²) in [6.07, 6.45) is 1.21. The molecule has 0 aliphatic carbocycles. The summed E-state index contributed by atoms with van der Waals surface area (Å²) in [5.74, 6) is -0.902. The second-order valence-electron chi connectivity index (χ2n) is 4.74. The van der Waals surface area contributed by atoms with Crippen LogP contribution in [0.3, 0.4) is 0 Å². The van der Waals surface area contributed by atoms with Gasteiger partial charge in [-0.1, -0.05) is 26.0 Å². The van der Waals surface area contributed by atoms with E-state index in [0.717, 1.165) is 4.90 Å². The molecule has 0 bridgehead atoms. The molecular formula is C14H17FN2O2. The van der Waals surface area contributed by atoms with Crippen molar-refractivity contribution < 1.29 is 14.0 Å². The van der Waals surface area contributed by atoms with Crippen LogP contribution < -0.4 is 10.2 Å². The number of halogens is 1. The molecule has 1 N–H and O–H groups in total. The minimum absolute atomic E-state index is 0.0102. The minimum atomic E-state index is -0.643. The summed E-state index contributed by atoms with van der Waals surface area (Å²) < 4.78 is 13.8. The van der Waals surface area contributed by atoms with Gasteiger partial charge in [-0.05, 0) is 25.0 Å². The van der Waals surface area contributed by atoms with Crippen molar-refractivity contribution >= 4 is 17.6 Å². The van der Waals surface area contributed by atoms with E-state index in [2.05, 4.69) is 5.32 Å². The molecule has 0 aromatic heterocycles. The molecule has 0 saturated carbocycles. The third kappa shape index (κ3) is 2.09. The van der Waals surface area contributed by atoms with Gasteiger partial charge in [0, 0.05) is 6.54 Å². The van der Waals surface area contributed by atoms with E-state index < -0.39 is 17.3 Å². The predicted octanol–water partition coefficient (Wildman–Crippen LogP) is 2.69. The van der Waals surface area contributed by atoms with Crippen LogP contribution in [0.4, 0.5) is 14.9 Å². The molecule has 1 aromatic carbocycles. The maximum absolute atomic E-state index is 13.8. The standard InChI is InChI=1S/C14H17FN2O2/c1-3-14(4-2)9-16-13(19)17(12(14)18)11-8-6-5-7-10(11)15/h5-8H,3-4,9H2,1-2H3,(H,16,19). The molecule has 1 aliphatic heterocycles. The third-order valence-corrected chi connectivity index (χ3v) is 3.88. The van der Waals surface area contributed by atoms with Gasteiger partial charge in [0.25, 0.3) is 0 Å². The average molecular weight is 264 g/mol. The van der Waals surface area contributed by atoms with Gasteiger partial charge in [0.15, 0.2) is 0 Å². The Bertz CT molecular complexity index is 512. The van der Waals surface area contributed by atoms with Gasteiger partial charge in [-0.2, -0.15) is 0 Å². The number of carbonyl (C=O) groups excluding carboxylic acids is 2. The zero-order valence-corrected chi connectivity index (χ0v) is 11.1. The summed E-state index contributed by atoms with van der Waals surface area (Å²) in [7, 11) is 0. The Kier molecular flexibility index (Phi) is 3.55. The highest BCUT2D eigenvalue weighted by atomic mass is 19.1. The smallest absolute Gasteiger partial charge is 0.328 e. The number of hydrogen-bond donors (Lipinski definition) is 1. The molecule has 0 spiro atoms. The van der Waals surface area contributed by atoms with Crippen molar-refractivity contribution in [2.45, 2.75) is 26.7 Å². The number of imide groups is 1. The lowest BCUT2D eigenvalue weighted by Gasteiger charge is -2.39. The maximum atomic E-state index is 13.8. The zero-order chi connectivity index (χ0) is 14.0. The highest BCUT2D eigenvalue weighted by Gasteiger charge is 2.45. The number of anilines is 1. The molecule has 1 saturated heterocycles. The van der Waals surface area contributed by atoms with Gasteiger partial charge < -0.3 is 5.32 Å². The molecule has 1 heterocycles. The van der Waals surface area contributed by atoms with Gasteiger partial charge in [-0.3, -0.25) is 4.79 Å². The summed E-state index contributed by atoms with van der Waals surface area (Å²) >= 11 is 0. The lowest BCUT2D eigenvalue weighted by atomic mass is 9.79. The quantitative estimate of drug-likeness (QED) is 0.912. The fourth-order valence-corrected chi connectivity index (χ4v) is 2.38. The first kappa shape index (κ1) is 13.5. The maximum Gasteiger partial charge on any atom is 0.328 e. The van der Waals surface area contributed by atoms with Crippen molar-refractivity contribution in [2.75, 3.05) is 11.4 Å². The second kappa shape index (κ2) is 4.99. The molecule has 0 unspecified atom stereocenters. The number of rotatable bonds is 3. The van der Waals surface area contributed by atoms with Crippen LogP contribution in [0, 0.1) is 11.2 Å². The molecule has 1 aromatic rings. The van der Waals surface area contributed by atoms with Crippen molar-refractivity contribution in [3.63, 3.8) is 0 Å². The molecule has 3 amide bonds. The van der Waals surface area contributed by atoms with E-state index >= 15 is 0 Å². The highest BCUT2D eigenvalue weighted by molar-refractivity contribution is 6.18. The second-order valence-corrected chi connectivity index (χ2v) is 4.74. The van der Waals surface area contributed by atoms with Crippen molar-refractivity contribution in [3.8, 4) is 0 Å². The van der Waals surface area contributed by atoms with Gasteiger partial charge in [0.2, 0.25) is 5.91 Å². The summed E-state index contributed by atoms with van der Waals surface area (Å²) in [6, 6.07) is 5.25. The summed E-state index contributed by atoms with van der Waals surface area (Å²) in [5, 5.41) is 2.68. The monoisotopic (exact) mass is 264 g/mol. The van der Waals surface area contributed by atoms with E-state index in [1.165, 1.54) is 18.2 Å². The molecule has 4 nitrogen and oxygen atoms in total. The molecule has 0 atom stereocenters. The van der Waals surface area contributed by atoms with Crippen molar-refractivity contribution in [1.82, 2.24) is 5.32 Å². The molecule has 0 radical (unpaired) electrons. The average Bonchev–Trinajstić information content (AvgIpc) is 2.42. The molecule has 19 heavy (non-hydrogen) atoms. The number of nitrogens with zero attached hydrogens (tertiary/aromatic N) is 1. The summed E-state index contributed by atoms with van der Waals surface area (Å²) in [5.41, 5.74) is -0.633. The van der Waals surface area contributed by atoms with Crippen LogP contribution in [-0.4, -0.2) is 18.5 Å². The topological polar surface area (TPSA) is 49.4 Å². The van der Waals surface area contributed by atoms with Crippen LogP contribution in [0.2, 0.25) is 0 Å². The van der Waals surface area contributed by atoms with E-state index in [0.29, 0.717) is 19.4 Å². The molecule has 1 fully saturated rings. The first-order valence-corrected chi connectivity index (χ1v) is 6.42. The Morgan fingerprint density at radius 3 is 2.47 bits per heavy atom. The predicted molar refractivity (Wildman–Crippen MR) is 70.3 cm³/mol. The van der Waals surface area contributed by atoms with Crippen LogP contribution in [0.15, 0.2) is 24.3 Å². The first-order valence-electron chi connectivity index (χ1n) is 6.42. The molecule has 1 aliphatic rings. The fourth-order valence-electron chi connectivity index (χ4n) is 2.38. The molecule has 102 valence electrons. The number of carbonyl (C=O) groups is 2. The first-order chi connectivity index (χ1) is 9.05. The van der Waals surface area contributed by atoms with Gasteiger partial charge in [0.05, 0.1) is 11.1 Å². The minimum Gasteiger partial charge on any atom is -0.336 e. The highest BCUT2D eigenvalue weighted by Crippen LogP contribution is 2.34. The van der Waals surface area contributed by atoms with Crippen molar-refractivity contribution in [3.05, 3.63) is 30.1 Å². The zero-order valence-electron chi connectivity index (χ0n) is 11.1. The third-order valence-electron chi connectivity index (χ3n) is 3.88. The Morgan fingerprint density at radius 2 is 1.89 bits per heavy atom. The van der Waals surface area contributed by atoms with Crippen LogP contribution in [-0.2, 0) is 4.79 Å². The van der Waals surface area contributed by atoms with Gasteiger partial charge in [-0.15, -0.1) is 0 Å². The Hall–Kier alpha value is -1.91. The lowest BCUT2D eigenvalue weighted by molar-refractivity contribution is -0.128. The fraction of sp³-hybridized carbons (Fsp3) is 0.429. The SMILES string of the molecule is CCC1(CC)CNC(=O)N(c2ccccc2F)C1=O. The van der Waals surface area contributed by atoms with E-state index in [1.54, 1.807) is 6.07 Å². The number of urea groups is 1. The number of para-hydroxylation sites is 1. The van der Waals surface area contributed by atoms with E-state index in [-0.39, 0.29) is 11.6 Å². The van der Waals surface area contributed by atoms with Crippen molar-refractivity contribution in [2.24, 2.45) is 5.41 Å². The van der Waals surface area contributed by atoms with Crippen LogP contribution in [0.5, 0.6) is 0 Å². The summed E-state index contributed by atoms with van der Waals surface area (Å²) in [6.45, 7) is 4.11. The number of nitrogens with one attached hydrogen (secondary N) is 1. The number of hydrogen-bond acceptors (Lipinski definition) is 2. The van der Waals surface area contributed by atoms with Gasteiger partial charge >= 0.3 is 6.03 Å². The largest absolute Gasteiger partial charge is 0.336 e. The van der Waals surface area contributed by atoms with Gasteiger partial charge in [-0.25, -0.2) is 14.1 Å². The van der Waals surface area contributed by atoms with Crippen molar-refractivity contribution in [1.29, 1.82) is 0 Å². The van der Waals surface area contributed by atoms with Crippen LogP contribution >= 0.6 is 0 Å². The van der Waals surface area contributed by atoms with Crippen LogP contribution in [0.1, 0.15) is 26.7 Å². The number of benzene rings is 1. The van der Waals surface area contributed by atoms with E-state index in [1.807, 2.05) is 13.8 Å². The Balaban J connectivity index is 2.46. The van der Waals surface area contributed by atoms with Gasteiger partial charge in [0.1, 0.15) is 5.82 Å². The normalized spacial score (nSPS) is 18.4.